The van der Waals surface area contributed by atoms with Gasteiger partial charge in [0, 0.05) is 19.3 Å². The Kier molecular flexibility index (Phi) is 3.06. The summed E-state index contributed by atoms with van der Waals surface area (Å²) in [5.41, 5.74) is 2.63. The van der Waals surface area contributed by atoms with Crippen LogP contribution in [0, 0.1) is 10.1 Å². The molecule has 0 fully saturated rings. The highest BCUT2D eigenvalue weighted by atomic mass is 16.6. The minimum absolute atomic E-state index is 0.0625. The summed E-state index contributed by atoms with van der Waals surface area (Å²) in [4.78, 5) is 19.6. The molecule has 0 spiro atoms. The van der Waals surface area contributed by atoms with Gasteiger partial charge in [-0.2, -0.15) is 0 Å². The van der Waals surface area contributed by atoms with Crippen LogP contribution in [0.15, 0.2) is 30.5 Å². The van der Waals surface area contributed by atoms with Gasteiger partial charge in [0.2, 0.25) is 0 Å². The van der Waals surface area contributed by atoms with E-state index in [4.69, 9.17) is 0 Å². The largest absolute Gasteiger partial charge is 0.373 e. The third-order valence-corrected chi connectivity index (χ3v) is 3.64. The number of hydrogen-bond donors (Lipinski definition) is 1. The standard InChI is InChI=1S/C14H14N4O2/c1-15-12-7-6-11(18(19)20)14(17-12)10-5-4-9-3-2-8-16-13(9)10/h2-3,6-8,10H,4-5H2,1H3,(H,15,17). The molecule has 1 unspecified atom stereocenters. The Morgan fingerprint density at radius 2 is 2.20 bits per heavy atom. The maximum absolute atomic E-state index is 11.2. The van der Waals surface area contributed by atoms with E-state index in [0.717, 1.165) is 24.1 Å². The molecule has 1 N–H and O–H groups in total. The van der Waals surface area contributed by atoms with Crippen LogP contribution in [0.2, 0.25) is 0 Å². The van der Waals surface area contributed by atoms with Crippen LogP contribution in [0.5, 0.6) is 0 Å². The molecule has 102 valence electrons. The van der Waals surface area contributed by atoms with Crippen LogP contribution in [0.25, 0.3) is 0 Å². The van der Waals surface area contributed by atoms with Gasteiger partial charge in [-0.3, -0.25) is 15.1 Å². The topological polar surface area (TPSA) is 81.0 Å². The van der Waals surface area contributed by atoms with Crippen LogP contribution >= 0.6 is 0 Å². The molecule has 0 bridgehead atoms. The Balaban J connectivity index is 2.12. The van der Waals surface area contributed by atoms with Crippen molar-refractivity contribution >= 4 is 11.5 Å². The highest BCUT2D eigenvalue weighted by Gasteiger charge is 2.32. The highest BCUT2D eigenvalue weighted by Crippen LogP contribution is 2.39. The number of nitrogens with one attached hydrogen (secondary N) is 1. The number of anilines is 1. The second-order valence-electron chi connectivity index (χ2n) is 4.75. The van der Waals surface area contributed by atoms with Crippen LogP contribution in [-0.2, 0) is 6.42 Å². The summed E-state index contributed by atoms with van der Waals surface area (Å²) in [5, 5.41) is 14.1. The van der Waals surface area contributed by atoms with Crippen molar-refractivity contribution in [3.8, 4) is 0 Å². The van der Waals surface area contributed by atoms with Crippen molar-refractivity contribution in [2.45, 2.75) is 18.8 Å². The molecule has 20 heavy (non-hydrogen) atoms. The molecule has 0 amide bonds. The highest BCUT2D eigenvalue weighted by molar-refractivity contribution is 5.50. The van der Waals surface area contributed by atoms with Crippen LogP contribution in [0.3, 0.4) is 0 Å². The SMILES string of the molecule is CNc1ccc([N+](=O)[O-])c(C2CCc3cccnc32)n1. The summed E-state index contributed by atoms with van der Waals surface area (Å²) in [6.07, 6.45) is 3.43. The number of fused-ring (bicyclic) bond motifs is 1. The smallest absolute Gasteiger partial charge is 0.291 e. The fourth-order valence-corrected chi connectivity index (χ4v) is 2.70. The maximum Gasteiger partial charge on any atom is 0.291 e. The van der Waals surface area contributed by atoms with E-state index in [-0.39, 0.29) is 16.5 Å². The van der Waals surface area contributed by atoms with Gasteiger partial charge < -0.3 is 5.32 Å². The fraction of sp³-hybridized carbons (Fsp3) is 0.286. The summed E-state index contributed by atoms with van der Waals surface area (Å²) < 4.78 is 0. The molecule has 1 aliphatic rings. The lowest BCUT2D eigenvalue weighted by molar-refractivity contribution is -0.386. The Labute approximate surface area is 116 Å². The lowest BCUT2D eigenvalue weighted by Crippen LogP contribution is -2.07. The first-order valence-corrected chi connectivity index (χ1v) is 6.47. The zero-order valence-corrected chi connectivity index (χ0v) is 11.0. The van der Waals surface area contributed by atoms with Crippen molar-refractivity contribution in [1.82, 2.24) is 9.97 Å². The van der Waals surface area contributed by atoms with E-state index in [0.29, 0.717) is 11.5 Å². The summed E-state index contributed by atoms with van der Waals surface area (Å²) in [5.74, 6) is 0.537. The molecular formula is C14H14N4O2. The molecule has 0 saturated carbocycles. The second kappa shape index (κ2) is 4.88. The van der Waals surface area contributed by atoms with Crippen molar-refractivity contribution in [2.24, 2.45) is 0 Å². The van der Waals surface area contributed by atoms with E-state index in [2.05, 4.69) is 15.3 Å². The summed E-state index contributed by atoms with van der Waals surface area (Å²) >= 11 is 0. The first-order valence-electron chi connectivity index (χ1n) is 6.47. The molecule has 1 aliphatic carbocycles. The van der Waals surface area contributed by atoms with Gasteiger partial charge in [-0.1, -0.05) is 6.07 Å². The average Bonchev–Trinajstić information content (AvgIpc) is 2.90. The molecule has 0 aromatic carbocycles. The van der Waals surface area contributed by atoms with Crippen LogP contribution in [0.1, 0.15) is 29.3 Å². The molecule has 3 rings (SSSR count). The number of nitrogens with zero attached hydrogens (tertiary/aromatic N) is 3. The zero-order chi connectivity index (χ0) is 14.1. The maximum atomic E-state index is 11.2. The number of pyridine rings is 2. The van der Waals surface area contributed by atoms with Crippen LogP contribution in [0.4, 0.5) is 11.5 Å². The van der Waals surface area contributed by atoms with Gasteiger partial charge in [-0.15, -0.1) is 0 Å². The normalized spacial score (nSPS) is 16.8. The van der Waals surface area contributed by atoms with Gasteiger partial charge in [-0.05, 0) is 30.5 Å². The van der Waals surface area contributed by atoms with E-state index in [1.54, 1.807) is 19.3 Å². The van der Waals surface area contributed by atoms with Gasteiger partial charge in [0.25, 0.3) is 5.69 Å². The van der Waals surface area contributed by atoms with Gasteiger partial charge in [0.05, 0.1) is 16.5 Å². The number of hydrogen-bond acceptors (Lipinski definition) is 5. The Morgan fingerprint density at radius 3 is 2.95 bits per heavy atom. The van der Waals surface area contributed by atoms with Crippen molar-refractivity contribution in [3.05, 3.63) is 57.5 Å². The van der Waals surface area contributed by atoms with Crippen molar-refractivity contribution in [3.63, 3.8) is 0 Å². The lowest BCUT2D eigenvalue weighted by Gasteiger charge is -2.11. The molecule has 2 heterocycles. The van der Waals surface area contributed by atoms with Crippen molar-refractivity contribution < 1.29 is 4.92 Å². The third kappa shape index (κ3) is 1.99. The predicted molar refractivity (Wildman–Crippen MR) is 74.8 cm³/mol. The minimum Gasteiger partial charge on any atom is -0.373 e. The molecule has 0 radical (unpaired) electrons. The monoisotopic (exact) mass is 270 g/mol. The van der Waals surface area contributed by atoms with E-state index in [1.807, 2.05) is 12.1 Å². The van der Waals surface area contributed by atoms with Crippen LogP contribution < -0.4 is 5.32 Å². The van der Waals surface area contributed by atoms with E-state index in [1.165, 1.54) is 6.07 Å². The summed E-state index contributed by atoms with van der Waals surface area (Å²) in [7, 11) is 1.75. The molecule has 2 aromatic heterocycles. The fourth-order valence-electron chi connectivity index (χ4n) is 2.70. The number of nitro groups is 1. The zero-order valence-electron chi connectivity index (χ0n) is 11.0. The predicted octanol–water partition coefficient (Wildman–Crippen LogP) is 2.50. The molecule has 2 aromatic rings. The van der Waals surface area contributed by atoms with E-state index >= 15 is 0 Å². The van der Waals surface area contributed by atoms with Gasteiger partial charge in [0.1, 0.15) is 11.5 Å². The molecule has 0 aliphatic heterocycles. The Bertz CT molecular complexity index is 672. The molecule has 6 nitrogen and oxygen atoms in total. The summed E-state index contributed by atoms with van der Waals surface area (Å²) in [6, 6.07) is 7.05. The van der Waals surface area contributed by atoms with Crippen LogP contribution in [-0.4, -0.2) is 21.9 Å². The second-order valence-corrected chi connectivity index (χ2v) is 4.75. The first-order chi connectivity index (χ1) is 9.70. The minimum atomic E-state index is -0.372. The number of aryl methyl sites for hydroxylation is 1. The Hall–Kier alpha value is -2.50. The Morgan fingerprint density at radius 1 is 1.35 bits per heavy atom. The molecule has 6 heteroatoms. The van der Waals surface area contributed by atoms with E-state index < -0.39 is 0 Å². The first kappa shape index (κ1) is 12.5. The third-order valence-electron chi connectivity index (χ3n) is 3.64. The van der Waals surface area contributed by atoms with Crippen molar-refractivity contribution in [1.29, 1.82) is 0 Å². The number of rotatable bonds is 3. The van der Waals surface area contributed by atoms with Gasteiger partial charge in [-0.25, -0.2) is 4.98 Å². The average molecular weight is 270 g/mol. The number of aromatic nitrogens is 2. The van der Waals surface area contributed by atoms with Gasteiger partial charge >= 0.3 is 0 Å². The summed E-state index contributed by atoms with van der Waals surface area (Å²) in [6.45, 7) is 0. The lowest BCUT2D eigenvalue weighted by atomic mass is 10.0. The molecular weight excluding hydrogens is 256 g/mol. The molecule has 0 saturated heterocycles. The van der Waals surface area contributed by atoms with Gasteiger partial charge in [0.15, 0.2) is 0 Å². The van der Waals surface area contributed by atoms with Crippen molar-refractivity contribution in [2.75, 3.05) is 12.4 Å². The van der Waals surface area contributed by atoms with E-state index in [9.17, 15) is 10.1 Å². The molecule has 1 atom stereocenters. The quantitative estimate of drug-likeness (QED) is 0.684.